The normalized spacial score (nSPS) is 9.12. The number of hydrogen-bond donors (Lipinski definition) is 1. The molecule has 0 rings (SSSR count). The molecule has 0 saturated heterocycles. The Morgan fingerprint density at radius 3 is 1.50 bits per heavy atom. The monoisotopic (exact) mass is 137 g/mol. The van der Waals surface area contributed by atoms with Gasteiger partial charge in [-0.25, -0.2) is 0 Å². The van der Waals surface area contributed by atoms with Crippen molar-refractivity contribution < 1.29 is 4.79 Å². The molecule has 0 spiro atoms. The summed E-state index contributed by atoms with van der Waals surface area (Å²) in [5.74, 6) is 0.222. The standard InChI is InChI=1S/C4H11N.CHClO/c1-4(2,3)5;2-1-3/h5H2,1-3H3;1H. The predicted octanol–water partition coefficient (Wildman–Crippen LogP) is 1.16. The van der Waals surface area contributed by atoms with Gasteiger partial charge in [-0.2, -0.15) is 0 Å². The van der Waals surface area contributed by atoms with Crippen LogP contribution in [-0.2, 0) is 4.79 Å². The quantitative estimate of drug-likeness (QED) is 0.402. The van der Waals surface area contributed by atoms with Crippen LogP contribution in [0.1, 0.15) is 20.8 Å². The van der Waals surface area contributed by atoms with Crippen LogP contribution >= 0.6 is 11.6 Å². The molecule has 0 heterocycles. The van der Waals surface area contributed by atoms with Gasteiger partial charge in [0, 0.05) is 5.54 Å². The summed E-state index contributed by atoms with van der Waals surface area (Å²) in [4.78, 5) is 8.57. The van der Waals surface area contributed by atoms with Crippen molar-refractivity contribution in [1.82, 2.24) is 0 Å². The van der Waals surface area contributed by atoms with E-state index >= 15 is 0 Å². The highest BCUT2D eigenvalue weighted by Gasteiger charge is 1.95. The third-order valence-corrected chi connectivity index (χ3v) is 0. The van der Waals surface area contributed by atoms with E-state index in [9.17, 15) is 0 Å². The average molecular weight is 138 g/mol. The fraction of sp³-hybridized carbons (Fsp3) is 0.800. The summed E-state index contributed by atoms with van der Waals surface area (Å²) in [5, 5.41) is 0. The van der Waals surface area contributed by atoms with Crippen molar-refractivity contribution in [2.45, 2.75) is 26.3 Å². The van der Waals surface area contributed by atoms with E-state index < -0.39 is 0 Å². The van der Waals surface area contributed by atoms with E-state index in [1.807, 2.05) is 20.8 Å². The van der Waals surface area contributed by atoms with Crippen molar-refractivity contribution in [3.63, 3.8) is 0 Å². The highest BCUT2D eigenvalue weighted by Crippen LogP contribution is 1.88. The van der Waals surface area contributed by atoms with Crippen LogP contribution in [0.3, 0.4) is 0 Å². The minimum absolute atomic E-state index is 0. The van der Waals surface area contributed by atoms with Gasteiger partial charge < -0.3 is 5.73 Å². The second-order valence-electron chi connectivity index (χ2n) is 2.46. The van der Waals surface area contributed by atoms with E-state index in [4.69, 9.17) is 10.5 Å². The third-order valence-electron chi connectivity index (χ3n) is 0. The zero-order valence-electron chi connectivity index (χ0n) is 5.44. The summed E-state index contributed by atoms with van der Waals surface area (Å²) >= 11 is 4.32. The van der Waals surface area contributed by atoms with Crippen LogP contribution in [0, 0.1) is 0 Å². The summed E-state index contributed by atoms with van der Waals surface area (Å²) in [6.45, 7) is 5.90. The molecule has 3 heteroatoms. The van der Waals surface area contributed by atoms with E-state index in [0.717, 1.165) is 0 Å². The van der Waals surface area contributed by atoms with Gasteiger partial charge in [-0.3, -0.25) is 4.79 Å². The highest BCUT2D eigenvalue weighted by molar-refractivity contribution is 6.54. The Balaban J connectivity index is 0. The Morgan fingerprint density at radius 2 is 1.50 bits per heavy atom. The predicted molar refractivity (Wildman–Crippen MR) is 36.5 cm³/mol. The third kappa shape index (κ3) is 22400. The highest BCUT2D eigenvalue weighted by atomic mass is 35.5. The maximum absolute atomic E-state index is 8.57. The Morgan fingerprint density at radius 1 is 1.50 bits per heavy atom. The first-order valence-corrected chi connectivity index (χ1v) is 2.68. The Bertz CT molecular complexity index is 51.9. The largest absolute Gasteiger partial charge is 0.326 e. The Hall–Kier alpha value is -0.0800. The van der Waals surface area contributed by atoms with E-state index in [2.05, 4.69) is 11.6 Å². The molecule has 0 aromatic heterocycles. The van der Waals surface area contributed by atoms with Gasteiger partial charge >= 0.3 is 0 Å². The molecular formula is C5H12ClNO. The van der Waals surface area contributed by atoms with Crippen LogP contribution in [0.5, 0.6) is 0 Å². The van der Waals surface area contributed by atoms with Crippen molar-refractivity contribution in [2.24, 2.45) is 5.73 Å². The number of nitrogens with two attached hydrogens (primary N) is 1. The topological polar surface area (TPSA) is 43.1 Å². The maximum Gasteiger partial charge on any atom is 0.208 e. The van der Waals surface area contributed by atoms with Gasteiger partial charge in [0.2, 0.25) is 5.75 Å². The van der Waals surface area contributed by atoms with Gasteiger partial charge in [0.05, 0.1) is 0 Å². The van der Waals surface area contributed by atoms with Gasteiger partial charge in [0.25, 0.3) is 0 Å². The summed E-state index contributed by atoms with van der Waals surface area (Å²) in [6.07, 6.45) is 0. The van der Waals surface area contributed by atoms with Gasteiger partial charge in [-0.1, -0.05) is 0 Å². The van der Waals surface area contributed by atoms with Crippen LogP contribution in [0.4, 0.5) is 0 Å². The molecule has 2 nitrogen and oxygen atoms in total. The lowest BCUT2D eigenvalue weighted by atomic mass is 10.1. The summed E-state index contributed by atoms with van der Waals surface area (Å²) in [5.41, 5.74) is 5.35. The molecule has 0 saturated carbocycles. The number of carbonyl (C=O) groups is 1. The van der Waals surface area contributed by atoms with Crippen LogP contribution in [0.25, 0.3) is 0 Å². The smallest absolute Gasteiger partial charge is 0.208 e. The minimum atomic E-state index is 0. The van der Waals surface area contributed by atoms with Crippen molar-refractivity contribution in [3.8, 4) is 0 Å². The molecule has 0 aliphatic rings. The van der Waals surface area contributed by atoms with Crippen LogP contribution in [0.15, 0.2) is 0 Å². The molecule has 0 atom stereocenters. The lowest BCUT2D eigenvalue weighted by molar-refractivity contribution is 0.569. The first-order valence-electron chi connectivity index (χ1n) is 2.24. The second-order valence-corrected chi connectivity index (χ2v) is 2.63. The Kier molecular flexibility index (Phi) is 6.85. The van der Waals surface area contributed by atoms with Crippen LogP contribution in [0.2, 0.25) is 0 Å². The molecule has 50 valence electrons. The first-order chi connectivity index (χ1) is 3.41. The molecule has 0 aliphatic heterocycles. The van der Waals surface area contributed by atoms with Crippen molar-refractivity contribution >= 4 is 17.3 Å². The van der Waals surface area contributed by atoms with E-state index in [0.29, 0.717) is 0 Å². The van der Waals surface area contributed by atoms with Gasteiger partial charge in [0.15, 0.2) is 0 Å². The first kappa shape index (κ1) is 10.8. The van der Waals surface area contributed by atoms with Crippen LogP contribution < -0.4 is 5.73 Å². The lowest BCUT2D eigenvalue weighted by Crippen LogP contribution is -2.26. The molecule has 0 aliphatic carbocycles. The Labute approximate surface area is 55.0 Å². The van der Waals surface area contributed by atoms with Crippen molar-refractivity contribution in [1.29, 1.82) is 0 Å². The molecule has 0 fully saturated rings. The van der Waals surface area contributed by atoms with Gasteiger partial charge in [0.1, 0.15) is 0 Å². The SMILES string of the molecule is CC(C)(C)N.O=CCl. The second kappa shape index (κ2) is 5.06. The molecule has 8 heavy (non-hydrogen) atoms. The number of halogens is 1. The summed E-state index contributed by atoms with van der Waals surface area (Å²) in [6, 6.07) is 0. The summed E-state index contributed by atoms with van der Waals surface area (Å²) < 4.78 is 0. The average Bonchev–Trinajstić information content (AvgIpc) is 1.27. The van der Waals surface area contributed by atoms with E-state index in [1.165, 1.54) is 0 Å². The van der Waals surface area contributed by atoms with Crippen molar-refractivity contribution in [3.05, 3.63) is 0 Å². The fourth-order valence-corrected chi connectivity index (χ4v) is 0. The molecule has 0 amide bonds. The molecule has 0 unspecified atom stereocenters. The van der Waals surface area contributed by atoms with E-state index in [-0.39, 0.29) is 11.3 Å². The molecular weight excluding hydrogens is 126 g/mol. The number of rotatable bonds is 0. The zero-order chi connectivity index (χ0) is 7.21. The molecule has 0 aromatic rings. The maximum atomic E-state index is 8.57. The van der Waals surface area contributed by atoms with E-state index in [1.54, 1.807) is 0 Å². The fourth-order valence-electron chi connectivity index (χ4n) is 0. The molecule has 0 bridgehead atoms. The molecule has 2 N–H and O–H groups in total. The number of carbonyl (C=O) groups excluding carboxylic acids is 1. The molecule has 0 radical (unpaired) electrons. The van der Waals surface area contributed by atoms with Crippen LogP contribution in [-0.4, -0.2) is 11.3 Å². The number of hydrogen-bond acceptors (Lipinski definition) is 2. The van der Waals surface area contributed by atoms with Gasteiger partial charge in [-0.05, 0) is 32.4 Å². The summed E-state index contributed by atoms with van der Waals surface area (Å²) in [7, 11) is 0. The van der Waals surface area contributed by atoms with Crippen molar-refractivity contribution in [2.75, 3.05) is 0 Å². The molecule has 0 aromatic carbocycles. The minimum Gasteiger partial charge on any atom is -0.326 e. The van der Waals surface area contributed by atoms with Gasteiger partial charge in [-0.15, -0.1) is 0 Å². The zero-order valence-corrected chi connectivity index (χ0v) is 6.20. The lowest BCUT2D eigenvalue weighted by Gasteiger charge is -2.06.